The molecule has 1 heterocycles. The van der Waals surface area contributed by atoms with Gasteiger partial charge in [0.2, 0.25) is 0 Å². The lowest BCUT2D eigenvalue weighted by atomic mass is 9.91. The van der Waals surface area contributed by atoms with Crippen molar-refractivity contribution in [3.05, 3.63) is 58.3 Å². The molecule has 17 heavy (non-hydrogen) atoms. The van der Waals surface area contributed by atoms with Crippen LogP contribution in [-0.2, 0) is 12.1 Å². The molecule has 0 spiro atoms. The molecule has 2 aromatic rings. The van der Waals surface area contributed by atoms with Crippen LogP contribution in [0.2, 0.25) is 0 Å². The van der Waals surface area contributed by atoms with Gasteiger partial charge in [0.1, 0.15) is 5.67 Å². The van der Waals surface area contributed by atoms with Gasteiger partial charge in [-0.25, -0.2) is 4.39 Å². The van der Waals surface area contributed by atoms with E-state index in [4.69, 9.17) is 5.73 Å². The summed E-state index contributed by atoms with van der Waals surface area (Å²) in [6.07, 6.45) is 1.17. The molecule has 3 heteroatoms. The van der Waals surface area contributed by atoms with Crippen LogP contribution in [0.3, 0.4) is 0 Å². The van der Waals surface area contributed by atoms with Crippen LogP contribution in [0.15, 0.2) is 47.8 Å². The number of nitrogens with two attached hydrogens (primary N) is 1. The molecular weight excluding hydrogens is 233 g/mol. The quantitative estimate of drug-likeness (QED) is 0.862. The summed E-state index contributed by atoms with van der Waals surface area (Å²) in [5.41, 5.74) is 4.88. The van der Waals surface area contributed by atoms with Crippen molar-refractivity contribution >= 4 is 11.3 Å². The fourth-order valence-corrected chi connectivity index (χ4v) is 2.59. The predicted molar refractivity (Wildman–Crippen MR) is 70.9 cm³/mol. The molecule has 0 aliphatic carbocycles. The molecule has 0 aliphatic rings. The Kier molecular flexibility index (Phi) is 3.92. The Morgan fingerprint density at radius 2 is 1.88 bits per heavy atom. The number of alkyl halides is 1. The second kappa shape index (κ2) is 5.43. The number of halogens is 1. The Labute approximate surface area is 105 Å². The van der Waals surface area contributed by atoms with Crippen LogP contribution < -0.4 is 5.73 Å². The number of hydrogen-bond donors (Lipinski definition) is 1. The van der Waals surface area contributed by atoms with Crippen molar-refractivity contribution in [3.8, 4) is 0 Å². The molecule has 1 atom stereocenters. The molecular formula is C14H16FNS. The number of aryl methyl sites for hydroxylation is 1. The van der Waals surface area contributed by atoms with Gasteiger partial charge in [-0.15, -0.1) is 11.3 Å². The van der Waals surface area contributed by atoms with Gasteiger partial charge in [-0.05, 0) is 29.9 Å². The molecule has 0 radical (unpaired) electrons. The third kappa shape index (κ3) is 2.93. The summed E-state index contributed by atoms with van der Waals surface area (Å²) in [7, 11) is 0. The van der Waals surface area contributed by atoms with Crippen LogP contribution in [-0.4, -0.2) is 6.54 Å². The average Bonchev–Trinajstić information content (AvgIpc) is 2.90. The second-order valence-corrected chi connectivity index (χ2v) is 5.15. The molecule has 0 amide bonds. The Bertz CT molecular complexity index is 441. The zero-order valence-electron chi connectivity index (χ0n) is 9.60. The van der Waals surface area contributed by atoms with Crippen LogP contribution >= 0.6 is 11.3 Å². The third-order valence-electron chi connectivity index (χ3n) is 2.96. The topological polar surface area (TPSA) is 26.0 Å². The lowest BCUT2D eigenvalue weighted by Gasteiger charge is -2.23. The molecule has 0 saturated carbocycles. The maximum atomic E-state index is 14.7. The first-order valence-electron chi connectivity index (χ1n) is 5.71. The van der Waals surface area contributed by atoms with Crippen molar-refractivity contribution in [3.63, 3.8) is 0 Å². The fourth-order valence-electron chi connectivity index (χ4n) is 1.88. The first-order valence-corrected chi connectivity index (χ1v) is 6.59. The van der Waals surface area contributed by atoms with Crippen LogP contribution in [0.25, 0.3) is 0 Å². The van der Waals surface area contributed by atoms with Crippen molar-refractivity contribution in [2.24, 2.45) is 5.73 Å². The molecule has 1 unspecified atom stereocenters. The van der Waals surface area contributed by atoms with Crippen LogP contribution in [0, 0.1) is 0 Å². The van der Waals surface area contributed by atoms with Gasteiger partial charge in [0.05, 0.1) is 0 Å². The maximum absolute atomic E-state index is 14.7. The van der Waals surface area contributed by atoms with Gasteiger partial charge in [0, 0.05) is 11.4 Å². The van der Waals surface area contributed by atoms with Gasteiger partial charge in [-0.1, -0.05) is 36.4 Å². The van der Waals surface area contributed by atoms with Crippen molar-refractivity contribution < 1.29 is 4.39 Å². The zero-order chi connectivity index (χ0) is 12.1. The molecule has 1 aromatic heterocycles. The van der Waals surface area contributed by atoms with Gasteiger partial charge < -0.3 is 5.73 Å². The summed E-state index contributed by atoms with van der Waals surface area (Å²) in [5.74, 6) is 0. The minimum absolute atomic E-state index is 0.0301. The minimum Gasteiger partial charge on any atom is -0.327 e. The van der Waals surface area contributed by atoms with E-state index >= 15 is 0 Å². The van der Waals surface area contributed by atoms with E-state index in [1.807, 2.05) is 35.7 Å². The van der Waals surface area contributed by atoms with Crippen molar-refractivity contribution in [1.29, 1.82) is 0 Å². The first kappa shape index (κ1) is 12.3. The summed E-state index contributed by atoms with van der Waals surface area (Å²) >= 11 is 1.66. The number of rotatable bonds is 5. The Balaban J connectivity index is 2.09. The molecule has 0 saturated heterocycles. The summed E-state index contributed by atoms with van der Waals surface area (Å²) in [6.45, 7) is 0.0301. The Morgan fingerprint density at radius 3 is 2.47 bits per heavy atom. The molecule has 1 aromatic carbocycles. The van der Waals surface area contributed by atoms with E-state index in [0.717, 1.165) is 6.42 Å². The molecule has 90 valence electrons. The molecule has 0 bridgehead atoms. The van der Waals surface area contributed by atoms with Gasteiger partial charge in [0.25, 0.3) is 0 Å². The number of thiophene rings is 1. The average molecular weight is 249 g/mol. The lowest BCUT2D eigenvalue weighted by Crippen LogP contribution is -2.30. The molecule has 0 fully saturated rings. The van der Waals surface area contributed by atoms with Gasteiger partial charge in [-0.2, -0.15) is 0 Å². The number of benzene rings is 1. The maximum Gasteiger partial charge on any atom is 0.148 e. The van der Waals surface area contributed by atoms with Gasteiger partial charge in [-0.3, -0.25) is 0 Å². The lowest BCUT2D eigenvalue weighted by molar-refractivity contribution is 0.161. The van der Waals surface area contributed by atoms with E-state index in [1.165, 1.54) is 4.88 Å². The van der Waals surface area contributed by atoms with Crippen molar-refractivity contribution in [2.45, 2.75) is 18.5 Å². The van der Waals surface area contributed by atoms with Gasteiger partial charge >= 0.3 is 0 Å². The van der Waals surface area contributed by atoms with Crippen molar-refractivity contribution in [1.82, 2.24) is 0 Å². The molecule has 1 nitrogen and oxygen atoms in total. The van der Waals surface area contributed by atoms with Crippen LogP contribution in [0.1, 0.15) is 16.9 Å². The van der Waals surface area contributed by atoms with Gasteiger partial charge in [0.15, 0.2) is 0 Å². The zero-order valence-corrected chi connectivity index (χ0v) is 10.4. The largest absolute Gasteiger partial charge is 0.327 e. The van der Waals surface area contributed by atoms with E-state index in [9.17, 15) is 4.39 Å². The SMILES string of the molecule is NCC(F)(CCc1cccs1)c1ccccc1. The smallest absolute Gasteiger partial charge is 0.148 e. The predicted octanol–water partition coefficient (Wildman–Crippen LogP) is 3.50. The first-order chi connectivity index (χ1) is 8.24. The minimum atomic E-state index is -1.41. The standard InChI is InChI=1S/C14H16FNS/c15-14(11-16,12-5-2-1-3-6-12)9-8-13-7-4-10-17-13/h1-7,10H,8-9,11,16H2. The van der Waals surface area contributed by atoms with Crippen molar-refractivity contribution in [2.75, 3.05) is 6.54 Å². The Hall–Kier alpha value is -1.19. The summed E-state index contributed by atoms with van der Waals surface area (Å²) in [4.78, 5) is 1.21. The summed E-state index contributed by atoms with van der Waals surface area (Å²) in [5, 5.41) is 2.01. The highest BCUT2D eigenvalue weighted by molar-refractivity contribution is 7.09. The van der Waals surface area contributed by atoms with Crippen LogP contribution in [0.4, 0.5) is 4.39 Å². The second-order valence-electron chi connectivity index (χ2n) is 4.11. The molecule has 0 aliphatic heterocycles. The normalized spacial score (nSPS) is 14.5. The Morgan fingerprint density at radius 1 is 1.12 bits per heavy atom. The number of hydrogen-bond acceptors (Lipinski definition) is 2. The van der Waals surface area contributed by atoms with E-state index in [1.54, 1.807) is 23.5 Å². The van der Waals surface area contributed by atoms with E-state index < -0.39 is 5.67 Å². The van der Waals surface area contributed by atoms with E-state index in [2.05, 4.69) is 0 Å². The molecule has 2 N–H and O–H groups in total. The fraction of sp³-hybridized carbons (Fsp3) is 0.286. The van der Waals surface area contributed by atoms with Crippen LogP contribution in [0.5, 0.6) is 0 Å². The monoisotopic (exact) mass is 249 g/mol. The summed E-state index contributed by atoms with van der Waals surface area (Å²) in [6, 6.07) is 13.2. The highest BCUT2D eigenvalue weighted by Gasteiger charge is 2.29. The highest BCUT2D eigenvalue weighted by Crippen LogP contribution is 2.30. The summed E-state index contributed by atoms with van der Waals surface area (Å²) < 4.78 is 14.7. The van der Waals surface area contributed by atoms with E-state index in [0.29, 0.717) is 12.0 Å². The van der Waals surface area contributed by atoms with E-state index in [-0.39, 0.29) is 6.54 Å². The highest BCUT2D eigenvalue weighted by atomic mass is 32.1. The third-order valence-corrected chi connectivity index (χ3v) is 3.90. The molecule has 2 rings (SSSR count).